The van der Waals surface area contributed by atoms with Gasteiger partial charge in [0.25, 0.3) is 5.88 Å². The molecule has 0 aliphatic carbocycles. The summed E-state index contributed by atoms with van der Waals surface area (Å²) in [5.41, 5.74) is 4.99. The lowest BCUT2D eigenvalue weighted by molar-refractivity contribution is -0.386. The van der Waals surface area contributed by atoms with Crippen molar-refractivity contribution < 1.29 is 9.66 Å². The Balaban J connectivity index is 2.86. The first-order valence-corrected chi connectivity index (χ1v) is 4.15. The van der Waals surface area contributed by atoms with Crippen molar-refractivity contribution in [2.45, 2.75) is 6.42 Å². The number of nitrogen functional groups attached to an aromatic ring is 1. The third kappa shape index (κ3) is 2.90. The molecule has 1 aromatic rings. The second-order valence-corrected chi connectivity index (χ2v) is 2.60. The molecule has 2 N–H and O–H groups in total. The van der Waals surface area contributed by atoms with Crippen molar-refractivity contribution in [3.63, 3.8) is 0 Å². The Bertz CT molecular complexity index is 380. The maximum atomic E-state index is 10.6. The number of aromatic nitrogens is 2. The SMILES string of the molecule is C=CCCOc1nc(N)ncc1[N+](=O)[O-]. The third-order valence-electron chi connectivity index (χ3n) is 1.51. The maximum Gasteiger partial charge on any atom is 0.349 e. The number of nitrogens with zero attached hydrogens (tertiary/aromatic N) is 3. The Labute approximate surface area is 85.7 Å². The predicted octanol–water partition coefficient (Wildman–Crippen LogP) is 0.922. The topological polar surface area (TPSA) is 104 Å². The van der Waals surface area contributed by atoms with Crippen molar-refractivity contribution in [2.75, 3.05) is 12.3 Å². The highest BCUT2D eigenvalue weighted by molar-refractivity contribution is 5.41. The van der Waals surface area contributed by atoms with Crippen molar-refractivity contribution in [1.29, 1.82) is 0 Å². The van der Waals surface area contributed by atoms with Crippen molar-refractivity contribution >= 4 is 11.6 Å². The number of nitro groups is 1. The van der Waals surface area contributed by atoms with Gasteiger partial charge in [0.2, 0.25) is 5.95 Å². The van der Waals surface area contributed by atoms with E-state index >= 15 is 0 Å². The Hall–Kier alpha value is -2.18. The van der Waals surface area contributed by atoms with Crippen LogP contribution in [0.15, 0.2) is 18.9 Å². The molecular weight excluding hydrogens is 200 g/mol. The molecule has 0 spiro atoms. The Morgan fingerprint density at radius 3 is 3.07 bits per heavy atom. The molecule has 15 heavy (non-hydrogen) atoms. The van der Waals surface area contributed by atoms with E-state index in [1.165, 1.54) is 0 Å². The molecular formula is C8H10N4O3. The number of nitrogens with two attached hydrogens (primary N) is 1. The maximum absolute atomic E-state index is 10.6. The zero-order valence-electron chi connectivity index (χ0n) is 7.92. The third-order valence-corrected chi connectivity index (χ3v) is 1.51. The number of hydrogen-bond acceptors (Lipinski definition) is 6. The van der Waals surface area contributed by atoms with E-state index in [9.17, 15) is 10.1 Å². The number of ether oxygens (including phenoxy) is 1. The second kappa shape index (κ2) is 4.89. The zero-order chi connectivity index (χ0) is 11.3. The largest absolute Gasteiger partial charge is 0.472 e. The van der Waals surface area contributed by atoms with E-state index in [1.54, 1.807) is 6.08 Å². The minimum atomic E-state index is -0.622. The quantitative estimate of drug-likeness (QED) is 0.335. The van der Waals surface area contributed by atoms with Gasteiger partial charge in [0.05, 0.1) is 11.5 Å². The Morgan fingerprint density at radius 1 is 1.73 bits per heavy atom. The molecule has 0 atom stereocenters. The van der Waals surface area contributed by atoms with E-state index in [-0.39, 0.29) is 24.1 Å². The van der Waals surface area contributed by atoms with Gasteiger partial charge in [-0.15, -0.1) is 6.58 Å². The molecule has 0 saturated carbocycles. The summed E-state index contributed by atoms with van der Waals surface area (Å²) >= 11 is 0. The molecule has 0 saturated heterocycles. The van der Waals surface area contributed by atoms with Gasteiger partial charge in [0.15, 0.2) is 0 Å². The fraction of sp³-hybridized carbons (Fsp3) is 0.250. The molecule has 0 aromatic carbocycles. The van der Waals surface area contributed by atoms with Gasteiger partial charge >= 0.3 is 5.69 Å². The normalized spacial score (nSPS) is 9.60. The average Bonchev–Trinajstić information content (AvgIpc) is 2.18. The van der Waals surface area contributed by atoms with Crippen LogP contribution in [0.5, 0.6) is 5.88 Å². The van der Waals surface area contributed by atoms with Gasteiger partial charge in [-0.25, -0.2) is 4.98 Å². The number of hydrogen-bond donors (Lipinski definition) is 1. The van der Waals surface area contributed by atoms with Gasteiger partial charge in [0, 0.05) is 0 Å². The minimum absolute atomic E-state index is 0.0609. The van der Waals surface area contributed by atoms with E-state index in [0.29, 0.717) is 6.42 Å². The summed E-state index contributed by atoms with van der Waals surface area (Å²) in [6, 6.07) is 0. The molecule has 7 nitrogen and oxygen atoms in total. The van der Waals surface area contributed by atoms with E-state index in [2.05, 4.69) is 16.5 Å². The summed E-state index contributed by atoms with van der Waals surface area (Å²) in [6.07, 6.45) is 3.23. The Kier molecular flexibility index (Phi) is 3.55. The summed E-state index contributed by atoms with van der Waals surface area (Å²) in [7, 11) is 0. The van der Waals surface area contributed by atoms with Crippen molar-refractivity contribution in [3.8, 4) is 5.88 Å². The van der Waals surface area contributed by atoms with Crippen LogP contribution in [0.1, 0.15) is 6.42 Å². The lowest BCUT2D eigenvalue weighted by atomic mass is 10.4. The number of rotatable bonds is 5. The van der Waals surface area contributed by atoms with E-state index < -0.39 is 4.92 Å². The van der Waals surface area contributed by atoms with E-state index in [0.717, 1.165) is 6.20 Å². The van der Waals surface area contributed by atoms with Crippen molar-refractivity contribution in [3.05, 3.63) is 29.0 Å². The fourth-order valence-electron chi connectivity index (χ4n) is 0.843. The zero-order valence-corrected chi connectivity index (χ0v) is 7.92. The minimum Gasteiger partial charge on any atom is -0.472 e. The molecule has 0 fully saturated rings. The van der Waals surface area contributed by atoms with Crippen LogP contribution in [0, 0.1) is 10.1 Å². The lowest BCUT2D eigenvalue weighted by Gasteiger charge is -2.03. The first-order valence-electron chi connectivity index (χ1n) is 4.15. The molecule has 0 aliphatic rings. The van der Waals surface area contributed by atoms with Crippen molar-refractivity contribution in [1.82, 2.24) is 9.97 Å². The molecule has 1 heterocycles. The summed E-state index contributed by atoms with van der Waals surface area (Å²) in [5, 5.41) is 10.6. The first-order chi connectivity index (χ1) is 7.15. The highest BCUT2D eigenvalue weighted by atomic mass is 16.6. The van der Waals surface area contributed by atoms with Crippen LogP contribution in [0.3, 0.4) is 0 Å². The molecule has 1 rings (SSSR count). The predicted molar refractivity (Wildman–Crippen MR) is 53.4 cm³/mol. The van der Waals surface area contributed by atoms with E-state index in [1.807, 2.05) is 0 Å². The molecule has 80 valence electrons. The monoisotopic (exact) mass is 210 g/mol. The van der Waals surface area contributed by atoms with Crippen LogP contribution in [-0.4, -0.2) is 21.5 Å². The Morgan fingerprint density at radius 2 is 2.47 bits per heavy atom. The van der Waals surface area contributed by atoms with Crippen LogP contribution in [0.25, 0.3) is 0 Å². The van der Waals surface area contributed by atoms with Crippen LogP contribution in [0.4, 0.5) is 11.6 Å². The van der Waals surface area contributed by atoms with Gasteiger partial charge in [-0.3, -0.25) is 10.1 Å². The van der Waals surface area contributed by atoms with Gasteiger partial charge in [-0.2, -0.15) is 4.98 Å². The first kappa shape index (κ1) is 10.9. The smallest absolute Gasteiger partial charge is 0.349 e. The van der Waals surface area contributed by atoms with Crippen LogP contribution in [0.2, 0.25) is 0 Å². The number of anilines is 1. The summed E-state index contributed by atoms with van der Waals surface area (Å²) in [5.74, 6) is -0.177. The average molecular weight is 210 g/mol. The van der Waals surface area contributed by atoms with Gasteiger partial charge in [0.1, 0.15) is 6.20 Å². The molecule has 7 heteroatoms. The van der Waals surface area contributed by atoms with Gasteiger partial charge in [-0.1, -0.05) is 6.08 Å². The molecule has 0 unspecified atom stereocenters. The van der Waals surface area contributed by atoms with Crippen LogP contribution in [-0.2, 0) is 0 Å². The summed E-state index contributed by atoms with van der Waals surface area (Å²) in [4.78, 5) is 17.1. The molecule has 0 amide bonds. The second-order valence-electron chi connectivity index (χ2n) is 2.60. The van der Waals surface area contributed by atoms with Gasteiger partial charge < -0.3 is 10.5 Å². The summed E-state index contributed by atoms with van der Waals surface area (Å²) < 4.78 is 5.08. The molecule has 0 bridgehead atoms. The van der Waals surface area contributed by atoms with E-state index in [4.69, 9.17) is 10.5 Å². The molecule has 1 aromatic heterocycles. The molecule has 0 radical (unpaired) electrons. The molecule has 0 aliphatic heterocycles. The van der Waals surface area contributed by atoms with Crippen LogP contribution < -0.4 is 10.5 Å². The highest BCUT2D eigenvalue weighted by Crippen LogP contribution is 2.23. The van der Waals surface area contributed by atoms with Gasteiger partial charge in [-0.05, 0) is 6.42 Å². The highest BCUT2D eigenvalue weighted by Gasteiger charge is 2.17. The fourth-order valence-corrected chi connectivity index (χ4v) is 0.843. The summed E-state index contributed by atoms with van der Waals surface area (Å²) in [6.45, 7) is 3.76. The lowest BCUT2D eigenvalue weighted by Crippen LogP contribution is -2.05. The standard InChI is InChI=1S/C8H10N4O3/c1-2-3-4-15-7-6(12(13)14)5-10-8(9)11-7/h2,5H,1,3-4H2,(H2,9,10,11). The van der Waals surface area contributed by atoms with Crippen molar-refractivity contribution in [2.24, 2.45) is 0 Å². The van der Waals surface area contributed by atoms with Crippen LogP contribution >= 0.6 is 0 Å².